The number of benzene rings is 1. The van der Waals surface area contributed by atoms with Crippen molar-refractivity contribution in [1.82, 2.24) is 19.9 Å². The van der Waals surface area contributed by atoms with Crippen LogP contribution in [0.25, 0.3) is 11.3 Å². The molecule has 0 unspecified atom stereocenters. The Labute approximate surface area is 183 Å². The van der Waals surface area contributed by atoms with E-state index in [-0.39, 0.29) is 11.0 Å². The highest BCUT2D eigenvalue weighted by Crippen LogP contribution is 2.24. The van der Waals surface area contributed by atoms with E-state index in [2.05, 4.69) is 41.7 Å². The van der Waals surface area contributed by atoms with E-state index in [0.29, 0.717) is 13.2 Å². The summed E-state index contributed by atoms with van der Waals surface area (Å²) < 4.78 is 5.59. The molecule has 1 N–H and O–H groups in total. The van der Waals surface area contributed by atoms with Crippen molar-refractivity contribution >= 4 is 0 Å². The highest BCUT2D eigenvalue weighted by atomic mass is 16.5. The Morgan fingerprint density at radius 1 is 1.19 bits per heavy atom. The van der Waals surface area contributed by atoms with E-state index in [4.69, 9.17) is 9.72 Å². The summed E-state index contributed by atoms with van der Waals surface area (Å²) in [5.74, 6) is 1.62. The number of nitrogens with zero attached hydrogens (tertiary/aromatic N) is 3. The summed E-state index contributed by atoms with van der Waals surface area (Å²) in [5.41, 5.74) is 4.64. The van der Waals surface area contributed by atoms with Crippen LogP contribution in [0.4, 0.5) is 0 Å². The quantitative estimate of drug-likeness (QED) is 0.676. The van der Waals surface area contributed by atoms with Crippen molar-refractivity contribution in [2.24, 2.45) is 0 Å². The second-order valence-electron chi connectivity index (χ2n) is 9.06. The average Bonchev–Trinajstić information content (AvgIpc) is 2.74. The van der Waals surface area contributed by atoms with Crippen LogP contribution in [-0.4, -0.2) is 33.0 Å². The van der Waals surface area contributed by atoms with E-state index in [1.54, 1.807) is 0 Å². The summed E-state index contributed by atoms with van der Waals surface area (Å²) in [4.78, 5) is 27.3. The number of pyridine rings is 1. The molecule has 31 heavy (non-hydrogen) atoms. The molecular formula is C25H30N4O2. The number of aromatic amines is 1. The highest BCUT2D eigenvalue weighted by Gasteiger charge is 2.24. The van der Waals surface area contributed by atoms with Gasteiger partial charge in [-0.25, -0.2) is 4.98 Å². The van der Waals surface area contributed by atoms with Crippen LogP contribution < -0.4 is 10.3 Å². The third kappa shape index (κ3) is 4.85. The van der Waals surface area contributed by atoms with E-state index >= 15 is 0 Å². The predicted molar refractivity (Wildman–Crippen MR) is 122 cm³/mol. The lowest BCUT2D eigenvalue weighted by atomic mass is 9.95. The Hall–Kier alpha value is -2.99. The maximum atomic E-state index is 12.7. The summed E-state index contributed by atoms with van der Waals surface area (Å²) in [6, 6.07) is 12.1. The van der Waals surface area contributed by atoms with Gasteiger partial charge in [-0.05, 0) is 30.7 Å². The molecule has 4 rings (SSSR count). The topological polar surface area (TPSA) is 71.1 Å². The van der Waals surface area contributed by atoms with Gasteiger partial charge in [0, 0.05) is 43.2 Å². The second-order valence-corrected chi connectivity index (χ2v) is 9.06. The standard InChI is InChI=1S/C25H30N4O2/c1-5-31-19-8-6-7-18(13-19)21-10-9-17(14-26-21)15-29-12-11-22-20(16-29)23(30)28-24(27-22)25(2,3)4/h6-10,13-14H,5,11-12,15-16H2,1-4H3,(H,27,28,30). The van der Waals surface area contributed by atoms with Crippen molar-refractivity contribution in [1.29, 1.82) is 0 Å². The van der Waals surface area contributed by atoms with E-state index in [9.17, 15) is 4.79 Å². The van der Waals surface area contributed by atoms with Gasteiger partial charge in [-0.3, -0.25) is 14.7 Å². The van der Waals surface area contributed by atoms with Gasteiger partial charge in [0.25, 0.3) is 5.56 Å². The maximum absolute atomic E-state index is 12.7. The molecule has 0 saturated carbocycles. The van der Waals surface area contributed by atoms with Crippen LogP contribution in [0.3, 0.4) is 0 Å². The lowest BCUT2D eigenvalue weighted by molar-refractivity contribution is 0.240. The summed E-state index contributed by atoms with van der Waals surface area (Å²) in [5, 5.41) is 0. The van der Waals surface area contributed by atoms with Crippen LogP contribution in [0.5, 0.6) is 5.75 Å². The molecule has 1 aliphatic heterocycles. The minimum absolute atomic E-state index is 0.0118. The molecule has 3 heterocycles. The van der Waals surface area contributed by atoms with Crippen LogP contribution in [-0.2, 0) is 24.9 Å². The molecule has 6 nitrogen and oxygen atoms in total. The van der Waals surface area contributed by atoms with Gasteiger partial charge in [-0.15, -0.1) is 0 Å². The Morgan fingerprint density at radius 2 is 2.03 bits per heavy atom. The first-order valence-electron chi connectivity index (χ1n) is 10.9. The first kappa shape index (κ1) is 21.2. The van der Waals surface area contributed by atoms with Gasteiger partial charge in [-0.2, -0.15) is 0 Å². The monoisotopic (exact) mass is 418 g/mol. The summed E-state index contributed by atoms with van der Waals surface area (Å²) in [6.07, 6.45) is 2.71. The van der Waals surface area contributed by atoms with Crippen molar-refractivity contribution < 1.29 is 4.74 Å². The van der Waals surface area contributed by atoms with Crippen LogP contribution in [0.1, 0.15) is 50.3 Å². The third-order valence-electron chi connectivity index (χ3n) is 5.53. The highest BCUT2D eigenvalue weighted by molar-refractivity contribution is 5.61. The van der Waals surface area contributed by atoms with Crippen LogP contribution in [0.2, 0.25) is 0 Å². The van der Waals surface area contributed by atoms with Gasteiger partial charge in [-0.1, -0.05) is 39.0 Å². The van der Waals surface area contributed by atoms with Crippen molar-refractivity contribution in [2.45, 2.75) is 52.6 Å². The number of aromatic nitrogens is 3. The number of rotatable bonds is 5. The van der Waals surface area contributed by atoms with E-state index in [1.807, 2.05) is 43.5 Å². The van der Waals surface area contributed by atoms with Crippen molar-refractivity contribution in [3.63, 3.8) is 0 Å². The maximum Gasteiger partial charge on any atom is 0.255 e. The van der Waals surface area contributed by atoms with Crippen molar-refractivity contribution in [3.8, 4) is 17.0 Å². The number of hydrogen-bond donors (Lipinski definition) is 1. The largest absolute Gasteiger partial charge is 0.494 e. The number of hydrogen-bond acceptors (Lipinski definition) is 5. The molecule has 0 fully saturated rings. The fraction of sp³-hybridized carbons (Fsp3) is 0.400. The van der Waals surface area contributed by atoms with Crippen LogP contribution >= 0.6 is 0 Å². The molecule has 162 valence electrons. The third-order valence-corrected chi connectivity index (χ3v) is 5.53. The summed E-state index contributed by atoms with van der Waals surface area (Å²) in [7, 11) is 0. The fourth-order valence-corrected chi connectivity index (χ4v) is 3.83. The number of nitrogens with one attached hydrogen (secondary N) is 1. The Morgan fingerprint density at radius 3 is 2.74 bits per heavy atom. The number of H-pyrrole nitrogens is 1. The van der Waals surface area contributed by atoms with Crippen molar-refractivity contribution in [2.75, 3.05) is 13.2 Å². The zero-order valence-corrected chi connectivity index (χ0v) is 18.7. The minimum atomic E-state index is -0.166. The fourth-order valence-electron chi connectivity index (χ4n) is 3.83. The lowest BCUT2D eigenvalue weighted by Crippen LogP contribution is -2.37. The molecule has 0 spiro atoms. The van der Waals surface area contributed by atoms with Crippen LogP contribution in [0, 0.1) is 0 Å². The molecule has 1 aromatic carbocycles. The zero-order chi connectivity index (χ0) is 22.0. The van der Waals surface area contributed by atoms with Gasteiger partial charge in [0.2, 0.25) is 0 Å². The molecule has 0 bridgehead atoms. The molecule has 6 heteroatoms. The Kier molecular flexibility index (Phi) is 5.92. The molecule has 2 aromatic heterocycles. The normalized spacial score (nSPS) is 14.3. The summed E-state index contributed by atoms with van der Waals surface area (Å²) in [6.45, 7) is 11.1. The first-order valence-corrected chi connectivity index (χ1v) is 10.9. The SMILES string of the molecule is CCOc1cccc(-c2ccc(CN3CCc4nc(C(C)(C)C)[nH]c(=O)c4C3)cn2)c1. The van der Waals surface area contributed by atoms with Gasteiger partial charge in [0.05, 0.1) is 23.6 Å². The molecule has 3 aromatic rings. The Bertz CT molecular complexity index is 1110. The number of ether oxygens (including phenoxy) is 1. The Balaban J connectivity index is 1.46. The second kappa shape index (κ2) is 8.63. The van der Waals surface area contributed by atoms with E-state index < -0.39 is 0 Å². The number of fused-ring (bicyclic) bond motifs is 1. The van der Waals surface area contributed by atoms with Gasteiger partial charge >= 0.3 is 0 Å². The molecule has 0 saturated heterocycles. The van der Waals surface area contributed by atoms with Gasteiger partial charge in [0.1, 0.15) is 11.6 Å². The molecule has 1 aliphatic rings. The minimum Gasteiger partial charge on any atom is -0.494 e. The van der Waals surface area contributed by atoms with Crippen LogP contribution in [0.15, 0.2) is 47.4 Å². The summed E-state index contributed by atoms with van der Waals surface area (Å²) >= 11 is 0. The molecule has 0 aliphatic carbocycles. The van der Waals surface area contributed by atoms with Gasteiger partial charge in [0.15, 0.2) is 0 Å². The van der Waals surface area contributed by atoms with E-state index in [0.717, 1.165) is 59.2 Å². The van der Waals surface area contributed by atoms with Crippen molar-refractivity contribution in [3.05, 3.63) is 75.6 Å². The average molecular weight is 419 g/mol. The van der Waals surface area contributed by atoms with Gasteiger partial charge < -0.3 is 9.72 Å². The smallest absolute Gasteiger partial charge is 0.255 e. The molecular weight excluding hydrogens is 388 g/mol. The molecule has 0 radical (unpaired) electrons. The van der Waals surface area contributed by atoms with E-state index in [1.165, 1.54) is 0 Å². The molecule has 0 atom stereocenters. The lowest BCUT2D eigenvalue weighted by Gasteiger charge is -2.28. The molecule has 0 amide bonds. The first-order chi connectivity index (χ1) is 14.8. The zero-order valence-electron chi connectivity index (χ0n) is 18.7. The predicted octanol–water partition coefficient (Wildman–Crippen LogP) is 4.09.